The molecule has 1 aliphatic carbocycles. The molecule has 1 heterocycles. The number of carboxylic acid groups (broad SMARTS) is 1. The highest BCUT2D eigenvalue weighted by atomic mass is 32.2. The summed E-state index contributed by atoms with van der Waals surface area (Å²) in [6.07, 6.45) is 6.71. The first-order valence-corrected chi connectivity index (χ1v) is 10.1. The van der Waals surface area contributed by atoms with E-state index in [4.69, 9.17) is 10.2 Å². The van der Waals surface area contributed by atoms with Gasteiger partial charge >= 0.3 is 5.97 Å². The zero-order valence-electron chi connectivity index (χ0n) is 14.6. The summed E-state index contributed by atoms with van der Waals surface area (Å²) in [5.41, 5.74) is 3.82. The molecule has 0 radical (unpaired) electrons. The van der Waals surface area contributed by atoms with Crippen molar-refractivity contribution >= 4 is 28.5 Å². The summed E-state index contributed by atoms with van der Waals surface area (Å²) in [6, 6.07) is 15.8. The summed E-state index contributed by atoms with van der Waals surface area (Å²) in [6.45, 7) is 0. The van der Waals surface area contributed by atoms with E-state index in [1.807, 2.05) is 17.1 Å². The highest BCUT2D eigenvalue weighted by Crippen LogP contribution is 2.34. The normalized spacial score (nSPS) is 18.0. The Morgan fingerprint density at radius 2 is 1.69 bits per heavy atom. The zero-order valence-corrected chi connectivity index (χ0v) is 15.4. The molecule has 0 unspecified atom stereocenters. The Balaban J connectivity index is 1.47. The number of rotatable bonds is 4. The molecule has 1 fully saturated rings. The molecule has 0 aromatic heterocycles. The Morgan fingerprint density at radius 1 is 1.00 bits per heavy atom. The van der Waals surface area contributed by atoms with Crippen LogP contribution in [0.1, 0.15) is 59.5 Å². The van der Waals surface area contributed by atoms with Crippen molar-refractivity contribution in [2.75, 3.05) is 10.9 Å². The minimum atomic E-state index is -0.905. The maximum Gasteiger partial charge on any atom is 0.335 e. The van der Waals surface area contributed by atoms with Crippen LogP contribution in [-0.4, -0.2) is 22.0 Å². The number of anilines is 1. The second-order valence-electron chi connectivity index (χ2n) is 6.89. The van der Waals surface area contributed by atoms with Gasteiger partial charge in [-0.2, -0.15) is 5.10 Å². The maximum atomic E-state index is 11.0. The summed E-state index contributed by atoms with van der Waals surface area (Å²) < 4.78 is 0. The first kappa shape index (κ1) is 17.2. The van der Waals surface area contributed by atoms with E-state index in [-0.39, 0.29) is 0 Å². The van der Waals surface area contributed by atoms with Crippen molar-refractivity contribution in [1.29, 1.82) is 0 Å². The molecule has 4 nitrogen and oxygen atoms in total. The first-order chi connectivity index (χ1) is 12.7. The molecule has 0 bridgehead atoms. The molecule has 0 atom stereocenters. The van der Waals surface area contributed by atoms with Gasteiger partial charge in [0.15, 0.2) is 0 Å². The van der Waals surface area contributed by atoms with Gasteiger partial charge in [0.25, 0.3) is 0 Å². The highest BCUT2D eigenvalue weighted by molar-refractivity contribution is 8.14. The first-order valence-electron chi connectivity index (χ1n) is 9.13. The molecule has 1 aliphatic heterocycles. The van der Waals surface area contributed by atoms with Gasteiger partial charge < -0.3 is 5.11 Å². The van der Waals surface area contributed by atoms with Crippen LogP contribution >= 0.6 is 11.8 Å². The molecule has 26 heavy (non-hydrogen) atoms. The van der Waals surface area contributed by atoms with Gasteiger partial charge in [0.2, 0.25) is 0 Å². The lowest BCUT2D eigenvalue weighted by Gasteiger charge is -2.22. The van der Waals surface area contributed by atoms with Gasteiger partial charge in [0.1, 0.15) is 5.04 Å². The molecule has 0 amide bonds. The van der Waals surface area contributed by atoms with Crippen LogP contribution in [0, 0.1) is 0 Å². The lowest BCUT2D eigenvalue weighted by atomic mass is 9.84. The summed E-state index contributed by atoms with van der Waals surface area (Å²) in [5, 5.41) is 16.7. The predicted octanol–water partition coefficient (Wildman–Crippen LogP) is 5.31. The zero-order chi connectivity index (χ0) is 17.9. The molecule has 2 aliphatic rings. The van der Waals surface area contributed by atoms with Crippen molar-refractivity contribution in [2.24, 2.45) is 5.10 Å². The summed E-state index contributed by atoms with van der Waals surface area (Å²) in [4.78, 5) is 11.0. The van der Waals surface area contributed by atoms with Crippen molar-refractivity contribution in [2.45, 2.75) is 38.0 Å². The molecule has 1 N–H and O–H groups in total. The largest absolute Gasteiger partial charge is 0.478 e. The molecular weight excluding hydrogens is 344 g/mol. The van der Waals surface area contributed by atoms with Crippen LogP contribution in [0.25, 0.3) is 0 Å². The molecule has 4 rings (SSSR count). The molecule has 2 aromatic carbocycles. The van der Waals surface area contributed by atoms with Crippen LogP contribution in [0.2, 0.25) is 0 Å². The number of benzene rings is 2. The third-order valence-corrected chi connectivity index (χ3v) is 6.15. The quantitative estimate of drug-likeness (QED) is 0.797. The van der Waals surface area contributed by atoms with Crippen molar-refractivity contribution in [3.05, 3.63) is 65.2 Å². The fraction of sp³-hybridized carbons (Fsp3) is 0.333. The SMILES string of the molecule is O=C(O)c1ccc(C2=NN(c3ccc(C4CCCCC4)cc3)CS2)cc1. The molecule has 0 saturated heterocycles. The highest BCUT2D eigenvalue weighted by Gasteiger charge is 2.20. The number of hydrogen-bond acceptors (Lipinski definition) is 4. The molecular formula is C21H22N2O2S. The lowest BCUT2D eigenvalue weighted by Crippen LogP contribution is -2.11. The molecule has 134 valence electrons. The second kappa shape index (κ2) is 7.54. The predicted molar refractivity (Wildman–Crippen MR) is 107 cm³/mol. The number of thioether (sulfide) groups is 1. The fourth-order valence-electron chi connectivity index (χ4n) is 3.67. The number of hydrogen-bond donors (Lipinski definition) is 1. The lowest BCUT2D eigenvalue weighted by molar-refractivity contribution is 0.0697. The monoisotopic (exact) mass is 366 g/mol. The maximum absolute atomic E-state index is 11.0. The number of aromatic carboxylic acids is 1. The van der Waals surface area contributed by atoms with Gasteiger partial charge in [0, 0.05) is 5.56 Å². The average molecular weight is 366 g/mol. The van der Waals surface area contributed by atoms with Crippen LogP contribution in [0.4, 0.5) is 5.69 Å². The third-order valence-electron chi connectivity index (χ3n) is 5.18. The Morgan fingerprint density at radius 3 is 2.35 bits per heavy atom. The average Bonchev–Trinajstić information content (AvgIpc) is 3.19. The van der Waals surface area contributed by atoms with Crippen LogP contribution in [0.5, 0.6) is 0 Å². The number of carboxylic acids is 1. The number of carbonyl (C=O) groups is 1. The van der Waals surface area contributed by atoms with E-state index in [0.29, 0.717) is 5.56 Å². The Hall–Kier alpha value is -2.27. The summed E-state index contributed by atoms with van der Waals surface area (Å²) in [5.74, 6) is 0.591. The smallest absolute Gasteiger partial charge is 0.335 e. The molecule has 1 saturated carbocycles. The molecule has 2 aromatic rings. The van der Waals surface area contributed by atoms with E-state index < -0.39 is 5.97 Å². The second-order valence-corrected chi connectivity index (χ2v) is 7.82. The topological polar surface area (TPSA) is 52.9 Å². The van der Waals surface area contributed by atoms with E-state index in [0.717, 1.165) is 28.1 Å². The van der Waals surface area contributed by atoms with Crippen molar-refractivity contribution < 1.29 is 9.90 Å². The Kier molecular flexibility index (Phi) is 4.98. The Labute approximate surface area is 157 Å². The standard InChI is InChI=1S/C21H22N2O2S/c24-21(25)18-8-6-17(7-9-18)20-22-23(14-26-20)19-12-10-16(11-13-19)15-4-2-1-3-5-15/h6-13,15H,1-5,14H2,(H,24,25). The van der Waals surface area contributed by atoms with Gasteiger partial charge in [-0.3, -0.25) is 5.01 Å². The molecule has 0 spiro atoms. The van der Waals surface area contributed by atoms with Crippen LogP contribution in [0.3, 0.4) is 0 Å². The van der Waals surface area contributed by atoms with E-state index in [9.17, 15) is 4.79 Å². The Bertz CT molecular complexity index is 809. The summed E-state index contributed by atoms with van der Waals surface area (Å²) in [7, 11) is 0. The van der Waals surface area contributed by atoms with E-state index in [1.165, 1.54) is 37.7 Å². The minimum Gasteiger partial charge on any atom is -0.478 e. The van der Waals surface area contributed by atoms with E-state index in [2.05, 4.69) is 24.3 Å². The van der Waals surface area contributed by atoms with Gasteiger partial charge in [-0.25, -0.2) is 4.79 Å². The van der Waals surface area contributed by atoms with Gasteiger partial charge in [-0.15, -0.1) is 0 Å². The number of nitrogens with zero attached hydrogens (tertiary/aromatic N) is 2. The minimum absolute atomic E-state index is 0.299. The van der Waals surface area contributed by atoms with E-state index >= 15 is 0 Å². The number of hydrazone groups is 1. The van der Waals surface area contributed by atoms with Gasteiger partial charge in [0.05, 0.1) is 17.1 Å². The van der Waals surface area contributed by atoms with Gasteiger partial charge in [-0.05, 0) is 48.6 Å². The fourth-order valence-corrected chi connectivity index (χ4v) is 4.58. The summed E-state index contributed by atoms with van der Waals surface area (Å²) >= 11 is 1.67. The van der Waals surface area contributed by atoms with Crippen molar-refractivity contribution in [3.63, 3.8) is 0 Å². The van der Waals surface area contributed by atoms with Crippen molar-refractivity contribution in [3.8, 4) is 0 Å². The molecule has 5 heteroatoms. The van der Waals surface area contributed by atoms with Crippen LogP contribution < -0.4 is 5.01 Å². The van der Waals surface area contributed by atoms with Crippen molar-refractivity contribution in [1.82, 2.24) is 0 Å². The van der Waals surface area contributed by atoms with Gasteiger partial charge in [-0.1, -0.05) is 55.3 Å². The van der Waals surface area contributed by atoms with E-state index in [1.54, 1.807) is 23.9 Å². The third kappa shape index (κ3) is 3.63. The van der Waals surface area contributed by atoms with Crippen LogP contribution in [0.15, 0.2) is 53.6 Å². The van der Waals surface area contributed by atoms with Crippen LogP contribution in [-0.2, 0) is 0 Å².